The average Bonchev–Trinajstić information content (AvgIpc) is 3.07. The molecule has 0 saturated carbocycles. The molecule has 7 heteroatoms. The SMILES string of the molecule is Cc1nc(CN)sc1-c1nc(Cc2ccc(Cl)cc2)no1. The van der Waals surface area contributed by atoms with Crippen molar-refractivity contribution in [1.82, 2.24) is 15.1 Å². The van der Waals surface area contributed by atoms with Crippen LogP contribution in [-0.4, -0.2) is 15.1 Å². The molecule has 0 saturated heterocycles. The third kappa shape index (κ3) is 3.12. The van der Waals surface area contributed by atoms with E-state index in [-0.39, 0.29) is 0 Å². The fourth-order valence-corrected chi connectivity index (χ4v) is 2.93. The summed E-state index contributed by atoms with van der Waals surface area (Å²) in [7, 11) is 0. The first-order chi connectivity index (χ1) is 10.2. The number of hydrogen-bond acceptors (Lipinski definition) is 6. The van der Waals surface area contributed by atoms with Crippen molar-refractivity contribution in [3.8, 4) is 10.8 Å². The minimum Gasteiger partial charge on any atom is -0.333 e. The molecule has 2 N–H and O–H groups in total. The zero-order valence-corrected chi connectivity index (χ0v) is 12.9. The van der Waals surface area contributed by atoms with E-state index in [2.05, 4.69) is 15.1 Å². The summed E-state index contributed by atoms with van der Waals surface area (Å²) in [4.78, 5) is 9.66. The van der Waals surface area contributed by atoms with Crippen molar-refractivity contribution in [3.05, 3.63) is 51.4 Å². The molecule has 0 aliphatic rings. The standard InChI is InChI=1S/C14H13ClN4OS/c1-8-13(21-12(7-16)17-8)14-18-11(19-20-14)6-9-2-4-10(15)5-3-9/h2-5H,6-7,16H2,1H3. The van der Waals surface area contributed by atoms with Crippen LogP contribution in [0.4, 0.5) is 0 Å². The lowest BCUT2D eigenvalue weighted by Crippen LogP contribution is -1.94. The summed E-state index contributed by atoms with van der Waals surface area (Å²) in [5, 5.41) is 5.59. The maximum absolute atomic E-state index is 5.87. The first kappa shape index (κ1) is 14.2. The first-order valence-electron chi connectivity index (χ1n) is 6.39. The Labute approximate surface area is 130 Å². The van der Waals surface area contributed by atoms with Gasteiger partial charge in [-0.1, -0.05) is 28.9 Å². The second-order valence-electron chi connectivity index (χ2n) is 4.55. The van der Waals surface area contributed by atoms with Gasteiger partial charge in [0.2, 0.25) is 0 Å². The largest absolute Gasteiger partial charge is 0.333 e. The van der Waals surface area contributed by atoms with Gasteiger partial charge in [0.05, 0.1) is 5.69 Å². The van der Waals surface area contributed by atoms with Gasteiger partial charge in [-0.2, -0.15) is 4.98 Å². The predicted octanol–water partition coefficient (Wildman–Crippen LogP) is 3.20. The number of aryl methyl sites for hydroxylation is 1. The second-order valence-corrected chi connectivity index (χ2v) is 6.07. The van der Waals surface area contributed by atoms with E-state index >= 15 is 0 Å². The fourth-order valence-electron chi connectivity index (χ4n) is 1.94. The van der Waals surface area contributed by atoms with Crippen molar-refractivity contribution < 1.29 is 4.52 Å². The van der Waals surface area contributed by atoms with E-state index in [1.54, 1.807) is 0 Å². The van der Waals surface area contributed by atoms with Gasteiger partial charge in [0.15, 0.2) is 5.82 Å². The zero-order chi connectivity index (χ0) is 14.8. The van der Waals surface area contributed by atoms with Gasteiger partial charge in [-0.3, -0.25) is 0 Å². The highest BCUT2D eigenvalue weighted by molar-refractivity contribution is 7.15. The highest BCUT2D eigenvalue weighted by Gasteiger charge is 2.16. The molecule has 2 aromatic heterocycles. The molecule has 0 bridgehead atoms. The molecule has 0 unspecified atom stereocenters. The molecule has 0 amide bonds. The molecule has 0 spiro atoms. The molecular weight excluding hydrogens is 308 g/mol. The van der Waals surface area contributed by atoms with Gasteiger partial charge >= 0.3 is 0 Å². The van der Waals surface area contributed by atoms with Gasteiger partial charge in [-0.15, -0.1) is 11.3 Å². The minimum absolute atomic E-state index is 0.414. The summed E-state index contributed by atoms with van der Waals surface area (Å²) in [6.07, 6.45) is 0.599. The number of aromatic nitrogens is 3. The Hall–Kier alpha value is -1.76. The zero-order valence-electron chi connectivity index (χ0n) is 11.3. The Morgan fingerprint density at radius 1 is 1.24 bits per heavy atom. The molecule has 3 rings (SSSR count). The summed E-state index contributed by atoms with van der Waals surface area (Å²) in [6, 6.07) is 7.59. The van der Waals surface area contributed by atoms with Crippen molar-refractivity contribution in [2.75, 3.05) is 0 Å². The molecule has 0 aliphatic carbocycles. The Morgan fingerprint density at radius 2 is 2.00 bits per heavy atom. The molecule has 0 atom stereocenters. The number of nitrogens with two attached hydrogens (primary N) is 1. The van der Waals surface area contributed by atoms with Crippen LogP contribution in [0.2, 0.25) is 5.02 Å². The van der Waals surface area contributed by atoms with Crippen LogP contribution in [0.5, 0.6) is 0 Å². The molecule has 0 radical (unpaired) electrons. The van der Waals surface area contributed by atoms with Gasteiger partial charge in [0.25, 0.3) is 5.89 Å². The van der Waals surface area contributed by atoms with Gasteiger partial charge in [-0.05, 0) is 24.6 Å². The van der Waals surface area contributed by atoms with Crippen LogP contribution >= 0.6 is 22.9 Å². The van der Waals surface area contributed by atoms with Crippen molar-refractivity contribution in [1.29, 1.82) is 0 Å². The van der Waals surface area contributed by atoms with Gasteiger partial charge in [-0.25, -0.2) is 4.98 Å². The maximum atomic E-state index is 5.87. The Bertz CT molecular complexity index is 751. The van der Waals surface area contributed by atoms with E-state index in [1.165, 1.54) is 11.3 Å². The highest BCUT2D eigenvalue weighted by Crippen LogP contribution is 2.28. The number of halogens is 1. The van der Waals surface area contributed by atoms with E-state index < -0.39 is 0 Å². The van der Waals surface area contributed by atoms with Gasteiger partial charge in [0.1, 0.15) is 9.88 Å². The quantitative estimate of drug-likeness (QED) is 0.798. The van der Waals surface area contributed by atoms with Crippen LogP contribution in [0, 0.1) is 6.92 Å². The lowest BCUT2D eigenvalue weighted by Gasteiger charge is -1.96. The second kappa shape index (κ2) is 5.93. The van der Waals surface area contributed by atoms with Crippen LogP contribution in [0.15, 0.2) is 28.8 Å². The molecule has 0 aliphatic heterocycles. The van der Waals surface area contributed by atoms with Crippen molar-refractivity contribution >= 4 is 22.9 Å². The fraction of sp³-hybridized carbons (Fsp3) is 0.214. The number of hydrogen-bond donors (Lipinski definition) is 1. The lowest BCUT2D eigenvalue weighted by molar-refractivity contribution is 0.424. The van der Waals surface area contributed by atoms with Crippen molar-refractivity contribution in [3.63, 3.8) is 0 Å². The molecule has 0 fully saturated rings. The number of benzene rings is 1. The molecule has 3 aromatic rings. The first-order valence-corrected chi connectivity index (χ1v) is 7.59. The van der Waals surface area contributed by atoms with Crippen LogP contribution in [0.3, 0.4) is 0 Å². The summed E-state index contributed by atoms with van der Waals surface area (Å²) in [5.74, 6) is 1.13. The normalized spacial score (nSPS) is 11.0. The van der Waals surface area contributed by atoms with E-state index in [0.717, 1.165) is 21.1 Å². The molecule has 5 nitrogen and oxygen atoms in total. The highest BCUT2D eigenvalue weighted by atomic mass is 35.5. The monoisotopic (exact) mass is 320 g/mol. The van der Waals surface area contributed by atoms with E-state index in [4.69, 9.17) is 21.9 Å². The van der Waals surface area contributed by atoms with E-state index in [9.17, 15) is 0 Å². The summed E-state index contributed by atoms with van der Waals surface area (Å²) < 4.78 is 5.33. The molecular formula is C14H13ClN4OS. The van der Waals surface area contributed by atoms with Gasteiger partial charge in [0, 0.05) is 18.0 Å². The lowest BCUT2D eigenvalue weighted by atomic mass is 10.1. The van der Waals surface area contributed by atoms with E-state index in [0.29, 0.717) is 29.7 Å². The molecule has 2 heterocycles. The van der Waals surface area contributed by atoms with Crippen LogP contribution in [0.1, 0.15) is 22.1 Å². The number of nitrogens with zero attached hydrogens (tertiary/aromatic N) is 3. The smallest absolute Gasteiger partial charge is 0.269 e. The maximum Gasteiger partial charge on any atom is 0.269 e. The Kier molecular flexibility index (Phi) is 4.01. The number of rotatable bonds is 4. The summed E-state index contributed by atoms with van der Waals surface area (Å²) in [5.41, 5.74) is 7.54. The Morgan fingerprint density at radius 3 is 2.67 bits per heavy atom. The third-order valence-corrected chi connectivity index (χ3v) is 4.37. The van der Waals surface area contributed by atoms with Crippen LogP contribution < -0.4 is 5.73 Å². The molecule has 21 heavy (non-hydrogen) atoms. The van der Waals surface area contributed by atoms with Crippen molar-refractivity contribution in [2.24, 2.45) is 5.73 Å². The summed E-state index contributed by atoms with van der Waals surface area (Å²) in [6.45, 7) is 2.32. The molecule has 108 valence electrons. The predicted molar refractivity (Wildman–Crippen MR) is 82.3 cm³/mol. The van der Waals surface area contributed by atoms with Crippen LogP contribution in [-0.2, 0) is 13.0 Å². The van der Waals surface area contributed by atoms with Crippen molar-refractivity contribution in [2.45, 2.75) is 19.9 Å². The molecule has 1 aromatic carbocycles. The number of thiazole rings is 1. The van der Waals surface area contributed by atoms with Gasteiger partial charge < -0.3 is 10.3 Å². The van der Waals surface area contributed by atoms with Crippen LogP contribution in [0.25, 0.3) is 10.8 Å². The minimum atomic E-state index is 0.414. The topological polar surface area (TPSA) is 77.8 Å². The average molecular weight is 321 g/mol. The van der Waals surface area contributed by atoms with E-state index in [1.807, 2.05) is 31.2 Å². The third-order valence-electron chi connectivity index (χ3n) is 2.95. The Balaban J connectivity index is 1.82. The summed E-state index contributed by atoms with van der Waals surface area (Å²) >= 11 is 7.35.